The highest BCUT2D eigenvalue weighted by Gasteiger charge is 2.24. The van der Waals surface area contributed by atoms with Gasteiger partial charge in [-0.25, -0.2) is 0 Å². The van der Waals surface area contributed by atoms with Crippen LogP contribution in [0.25, 0.3) is 75.1 Å². The predicted octanol–water partition coefficient (Wildman–Crippen LogP) is 13.9. The molecule has 0 bridgehead atoms. The van der Waals surface area contributed by atoms with Gasteiger partial charge >= 0.3 is 0 Å². The van der Waals surface area contributed by atoms with Crippen LogP contribution in [0.2, 0.25) is 0 Å². The summed E-state index contributed by atoms with van der Waals surface area (Å²) in [4.78, 5) is 2.42. The van der Waals surface area contributed by atoms with E-state index in [0.29, 0.717) is 0 Å². The van der Waals surface area contributed by atoms with Gasteiger partial charge in [-0.1, -0.05) is 133 Å². The van der Waals surface area contributed by atoms with Crippen molar-refractivity contribution in [3.05, 3.63) is 176 Å². The molecule has 0 saturated carbocycles. The van der Waals surface area contributed by atoms with E-state index in [1.807, 2.05) is 17.4 Å². The summed E-state index contributed by atoms with van der Waals surface area (Å²) in [5.41, 5.74) is 9.72. The molecule has 0 atom stereocenters. The van der Waals surface area contributed by atoms with Crippen molar-refractivity contribution in [2.75, 3.05) is 4.90 Å². The normalized spacial score (nSPS) is 11.7. The Kier molecular flexibility index (Phi) is 6.39. The van der Waals surface area contributed by atoms with Crippen LogP contribution in [0.15, 0.2) is 180 Å². The largest absolute Gasteiger partial charge is 0.454 e. The van der Waals surface area contributed by atoms with Gasteiger partial charge in [-0.05, 0) is 69.9 Å². The Bertz CT molecular complexity index is 2850. The Labute approximate surface area is 287 Å². The Hall–Kier alpha value is -6.16. The molecule has 3 heteroatoms. The molecular weight excluding hydrogens is 615 g/mol. The quantitative estimate of drug-likeness (QED) is 0.186. The number of thiophene rings is 1. The molecule has 0 aliphatic rings. The summed E-state index contributed by atoms with van der Waals surface area (Å²) in [5.74, 6) is 0. The van der Waals surface area contributed by atoms with Gasteiger partial charge < -0.3 is 9.32 Å². The highest BCUT2D eigenvalue weighted by atomic mass is 32.1. The van der Waals surface area contributed by atoms with Crippen molar-refractivity contribution < 1.29 is 4.42 Å². The van der Waals surface area contributed by atoms with Gasteiger partial charge in [0.1, 0.15) is 5.58 Å². The van der Waals surface area contributed by atoms with Crippen LogP contribution in [0.5, 0.6) is 0 Å². The second-order valence-electron chi connectivity index (χ2n) is 12.5. The van der Waals surface area contributed by atoms with Crippen molar-refractivity contribution in [3.63, 3.8) is 0 Å². The van der Waals surface area contributed by atoms with E-state index in [0.717, 1.165) is 50.1 Å². The van der Waals surface area contributed by atoms with Crippen LogP contribution in [-0.4, -0.2) is 0 Å². The number of para-hydroxylation sites is 3. The molecule has 10 aromatic rings. The molecule has 0 N–H and O–H groups in total. The lowest BCUT2D eigenvalue weighted by molar-refractivity contribution is 0.669. The first kappa shape index (κ1) is 27.9. The molecule has 0 spiro atoms. The minimum atomic E-state index is 0.875. The molecule has 2 nitrogen and oxygen atoms in total. The van der Waals surface area contributed by atoms with E-state index < -0.39 is 0 Å². The summed E-state index contributed by atoms with van der Waals surface area (Å²) in [5, 5.41) is 7.23. The number of fused-ring (bicyclic) bond motifs is 7. The van der Waals surface area contributed by atoms with Crippen molar-refractivity contribution >= 4 is 81.3 Å². The SMILES string of the molecule is c1cc(-c2ccccc2N(c2cccc3c2oc2ccccc23)c2cccc3sc4ccccc4c23)cc(-c2cccc3ccccc23)c1. The Morgan fingerprint density at radius 1 is 0.408 bits per heavy atom. The fourth-order valence-corrected chi connectivity index (χ4v) is 8.61. The first-order chi connectivity index (χ1) is 24.3. The summed E-state index contributed by atoms with van der Waals surface area (Å²) in [7, 11) is 0. The zero-order valence-electron chi connectivity index (χ0n) is 26.5. The molecule has 0 radical (unpaired) electrons. The lowest BCUT2D eigenvalue weighted by atomic mass is 9.94. The first-order valence-electron chi connectivity index (χ1n) is 16.6. The van der Waals surface area contributed by atoms with Gasteiger partial charge in [0.25, 0.3) is 0 Å². The van der Waals surface area contributed by atoms with E-state index in [1.54, 1.807) is 0 Å². The molecular formula is C46H29NOS. The van der Waals surface area contributed by atoms with Crippen molar-refractivity contribution in [2.24, 2.45) is 0 Å². The molecule has 0 unspecified atom stereocenters. The second kappa shape index (κ2) is 11.2. The second-order valence-corrected chi connectivity index (χ2v) is 13.5. The summed E-state index contributed by atoms with van der Waals surface area (Å²) in [6, 6.07) is 63.2. The molecule has 10 rings (SSSR count). The maximum atomic E-state index is 6.71. The lowest BCUT2D eigenvalue weighted by Crippen LogP contribution is -2.12. The topological polar surface area (TPSA) is 16.4 Å². The third kappa shape index (κ3) is 4.47. The fourth-order valence-electron chi connectivity index (χ4n) is 7.48. The van der Waals surface area contributed by atoms with Gasteiger partial charge in [0.2, 0.25) is 0 Å². The molecule has 2 aromatic heterocycles. The predicted molar refractivity (Wildman–Crippen MR) is 210 cm³/mol. The van der Waals surface area contributed by atoms with E-state index in [2.05, 4.69) is 175 Å². The zero-order chi connectivity index (χ0) is 32.3. The Balaban J connectivity index is 1.26. The smallest absolute Gasteiger partial charge is 0.159 e. The number of nitrogens with zero attached hydrogens (tertiary/aromatic N) is 1. The molecule has 49 heavy (non-hydrogen) atoms. The molecule has 2 heterocycles. The van der Waals surface area contributed by atoms with Crippen molar-refractivity contribution in [1.82, 2.24) is 0 Å². The van der Waals surface area contributed by atoms with Gasteiger partial charge in [-0.3, -0.25) is 0 Å². The molecule has 0 aliphatic heterocycles. The molecule has 8 aromatic carbocycles. The van der Waals surface area contributed by atoms with Gasteiger partial charge in [0, 0.05) is 36.5 Å². The summed E-state index contributed by atoms with van der Waals surface area (Å²) < 4.78 is 9.25. The van der Waals surface area contributed by atoms with Gasteiger partial charge in [0.15, 0.2) is 5.58 Å². The zero-order valence-corrected chi connectivity index (χ0v) is 27.3. The number of benzene rings is 8. The van der Waals surface area contributed by atoms with Crippen LogP contribution in [0.4, 0.5) is 17.1 Å². The molecule has 0 amide bonds. The number of hydrogen-bond acceptors (Lipinski definition) is 3. The van der Waals surface area contributed by atoms with Gasteiger partial charge in [0.05, 0.1) is 17.1 Å². The van der Waals surface area contributed by atoms with E-state index in [4.69, 9.17) is 4.42 Å². The summed E-state index contributed by atoms with van der Waals surface area (Å²) >= 11 is 1.84. The van der Waals surface area contributed by atoms with Gasteiger partial charge in [-0.2, -0.15) is 0 Å². The standard InChI is InChI=1S/C46H29NOS/c1-2-17-33-30(13-1)14-10-21-34(33)31-15-9-16-32(29-31)35-18-3-6-23-39(35)47(40-24-12-28-44-45(40)38-20-5-8-27-43(38)49-44)41-25-11-22-37-36-19-4-7-26-42(36)48-46(37)41/h1-29H. The minimum absolute atomic E-state index is 0.875. The molecule has 0 saturated heterocycles. The average molecular weight is 644 g/mol. The van der Waals surface area contributed by atoms with Crippen LogP contribution in [0.1, 0.15) is 0 Å². The monoisotopic (exact) mass is 643 g/mol. The van der Waals surface area contributed by atoms with Crippen molar-refractivity contribution in [2.45, 2.75) is 0 Å². The number of hydrogen-bond donors (Lipinski definition) is 0. The third-order valence-corrected chi connectivity index (χ3v) is 10.8. The maximum Gasteiger partial charge on any atom is 0.159 e. The third-order valence-electron chi connectivity index (χ3n) is 9.67. The van der Waals surface area contributed by atoms with Crippen LogP contribution in [-0.2, 0) is 0 Å². The van der Waals surface area contributed by atoms with E-state index in [1.165, 1.54) is 42.1 Å². The molecule has 0 aliphatic carbocycles. The number of anilines is 3. The van der Waals surface area contributed by atoms with Crippen LogP contribution < -0.4 is 4.90 Å². The first-order valence-corrected chi connectivity index (χ1v) is 17.4. The minimum Gasteiger partial charge on any atom is -0.454 e. The number of rotatable bonds is 5. The maximum absolute atomic E-state index is 6.71. The van der Waals surface area contributed by atoms with E-state index in [-0.39, 0.29) is 0 Å². The molecule has 230 valence electrons. The highest BCUT2D eigenvalue weighted by molar-refractivity contribution is 7.26. The van der Waals surface area contributed by atoms with E-state index in [9.17, 15) is 0 Å². The molecule has 0 fully saturated rings. The number of furan rings is 1. The summed E-state index contributed by atoms with van der Waals surface area (Å²) in [6.07, 6.45) is 0. The van der Waals surface area contributed by atoms with Crippen molar-refractivity contribution in [1.29, 1.82) is 0 Å². The highest BCUT2D eigenvalue weighted by Crippen LogP contribution is 2.49. The van der Waals surface area contributed by atoms with Crippen molar-refractivity contribution in [3.8, 4) is 22.3 Å². The fraction of sp³-hybridized carbons (Fsp3) is 0. The Morgan fingerprint density at radius 3 is 1.94 bits per heavy atom. The van der Waals surface area contributed by atoms with E-state index >= 15 is 0 Å². The summed E-state index contributed by atoms with van der Waals surface area (Å²) in [6.45, 7) is 0. The van der Waals surface area contributed by atoms with Crippen LogP contribution in [0, 0.1) is 0 Å². The van der Waals surface area contributed by atoms with Gasteiger partial charge in [-0.15, -0.1) is 11.3 Å². The van der Waals surface area contributed by atoms with Crippen LogP contribution >= 0.6 is 11.3 Å². The lowest BCUT2D eigenvalue weighted by Gasteiger charge is -2.29. The average Bonchev–Trinajstić information content (AvgIpc) is 3.75. The Morgan fingerprint density at radius 2 is 1.00 bits per heavy atom. The van der Waals surface area contributed by atoms with Crippen LogP contribution in [0.3, 0.4) is 0 Å².